The quantitative estimate of drug-likeness (QED) is 0.241. The molecule has 1 aromatic carbocycles. The molecule has 5 heterocycles. The minimum atomic E-state index is -2.96. The number of halogens is 2. The number of allylic oxidation sites excluding steroid dienone is 1. The third kappa shape index (κ3) is 5.46. The molecule has 1 N–H and O–H groups in total. The van der Waals surface area contributed by atoms with Crippen LogP contribution in [0, 0.1) is 12.5 Å². The number of pyridine rings is 1. The summed E-state index contributed by atoms with van der Waals surface area (Å²) in [5, 5.41) is 4.09. The molecule has 43 heavy (non-hydrogen) atoms. The number of aromatic nitrogens is 3. The van der Waals surface area contributed by atoms with Crippen LogP contribution in [0.25, 0.3) is 15.9 Å². The van der Waals surface area contributed by atoms with Gasteiger partial charge in [0, 0.05) is 49.0 Å². The fourth-order valence-corrected chi connectivity index (χ4v) is 6.89. The lowest BCUT2D eigenvalue weighted by atomic mass is 9.77. The molecule has 1 saturated heterocycles. The van der Waals surface area contributed by atoms with E-state index in [1.165, 1.54) is 6.33 Å². The molecule has 2 aromatic heterocycles. The first-order valence-corrected chi connectivity index (χ1v) is 15.5. The van der Waals surface area contributed by atoms with Gasteiger partial charge in [-0.1, -0.05) is 30.4 Å². The normalized spacial score (nSPS) is 27.0. The summed E-state index contributed by atoms with van der Waals surface area (Å²) in [5.74, 6) is -3.18. The van der Waals surface area contributed by atoms with Crippen molar-refractivity contribution in [1.29, 1.82) is 0 Å². The van der Waals surface area contributed by atoms with Gasteiger partial charge in [0.05, 0.1) is 5.39 Å². The largest absolute Gasteiger partial charge is 0.363 e. The van der Waals surface area contributed by atoms with E-state index in [4.69, 9.17) is 6.57 Å². The zero-order chi connectivity index (χ0) is 30.4. The molecule has 226 valence electrons. The number of piperidine rings is 1. The average Bonchev–Trinajstić information content (AvgIpc) is 3.78. The molecular weight excluding hydrogens is 546 g/mol. The summed E-state index contributed by atoms with van der Waals surface area (Å²) < 4.78 is 33.9. The van der Waals surface area contributed by atoms with Crippen LogP contribution in [0.4, 0.5) is 14.6 Å². The lowest BCUT2D eigenvalue weighted by Crippen LogP contribution is -2.52. The van der Waals surface area contributed by atoms with Crippen LogP contribution in [0.2, 0.25) is 0 Å². The number of anilines is 1. The van der Waals surface area contributed by atoms with Gasteiger partial charge in [-0.3, -0.25) is 14.3 Å². The molecule has 3 atom stereocenters. The Morgan fingerprint density at radius 2 is 1.91 bits per heavy atom. The number of alkyl halides is 2. The van der Waals surface area contributed by atoms with Crippen LogP contribution in [0.3, 0.4) is 0 Å². The molecule has 0 spiro atoms. The van der Waals surface area contributed by atoms with Crippen molar-refractivity contribution in [2.24, 2.45) is 5.92 Å². The molecular formula is C34H40F2N6O. The predicted molar refractivity (Wildman–Crippen MR) is 165 cm³/mol. The summed E-state index contributed by atoms with van der Waals surface area (Å²) in [6.07, 6.45) is 10.5. The van der Waals surface area contributed by atoms with Crippen molar-refractivity contribution in [3.8, 4) is 0 Å². The Hall–Kier alpha value is -3.64. The predicted octanol–water partition coefficient (Wildman–Crippen LogP) is 7.20. The van der Waals surface area contributed by atoms with E-state index in [1.54, 1.807) is 28.8 Å². The van der Waals surface area contributed by atoms with Crippen LogP contribution >= 0.6 is 0 Å². The standard InChI is InChI=1S/C34H40F2N6O/c1-23-24-11-10-12-25(19-24)34(35,36)26-13-18-41(32(2,3)21-26)16-8-6-5-7-9-17-42-30-27(29(40-23)38-22-39-30)20-28(31(42)43)33(37-4)14-15-33/h6,8,10-12,19-20,22-23,26H,5,7,9,13-18,21H2,1-3H3,(H,38,39,40)/b8-6+/t23-,26?/m1/s1. The molecule has 1 aliphatic carbocycles. The number of hydrogen-bond donors (Lipinski definition) is 1. The van der Waals surface area contributed by atoms with Crippen molar-refractivity contribution >= 4 is 16.9 Å². The van der Waals surface area contributed by atoms with Crippen molar-refractivity contribution in [2.75, 3.05) is 18.4 Å². The number of hydrogen-bond acceptors (Lipinski definition) is 5. The minimum absolute atomic E-state index is 0.0371. The van der Waals surface area contributed by atoms with Crippen LogP contribution in [-0.2, 0) is 18.0 Å². The Bertz CT molecular complexity index is 1650. The minimum Gasteiger partial charge on any atom is -0.363 e. The Labute approximate surface area is 251 Å². The lowest BCUT2D eigenvalue weighted by molar-refractivity contribution is -0.107. The van der Waals surface area contributed by atoms with Crippen LogP contribution in [0.1, 0.15) is 88.4 Å². The van der Waals surface area contributed by atoms with Gasteiger partial charge >= 0.3 is 0 Å². The fourth-order valence-electron chi connectivity index (χ4n) is 6.89. The maximum Gasteiger partial charge on any atom is 0.276 e. The molecule has 7 rings (SSSR count). The molecule has 1 saturated carbocycles. The fraction of sp³-hybridized carbons (Fsp3) is 0.529. The van der Waals surface area contributed by atoms with Gasteiger partial charge in [0.25, 0.3) is 17.0 Å². The monoisotopic (exact) mass is 586 g/mol. The first-order valence-electron chi connectivity index (χ1n) is 15.5. The zero-order valence-electron chi connectivity index (χ0n) is 25.2. The van der Waals surface area contributed by atoms with Gasteiger partial charge in [0.2, 0.25) is 0 Å². The highest BCUT2D eigenvalue weighted by atomic mass is 19.3. The number of nitrogens with zero attached hydrogens (tertiary/aromatic N) is 5. The number of benzene rings is 1. The van der Waals surface area contributed by atoms with Crippen LogP contribution in [-0.4, -0.2) is 38.1 Å². The summed E-state index contributed by atoms with van der Waals surface area (Å²) in [6.45, 7) is 15.7. The van der Waals surface area contributed by atoms with Gasteiger partial charge in [-0.2, -0.15) is 0 Å². The molecule has 0 radical (unpaired) electrons. The van der Waals surface area contributed by atoms with Crippen molar-refractivity contribution in [3.63, 3.8) is 0 Å². The summed E-state index contributed by atoms with van der Waals surface area (Å²) in [5.41, 5.74) is 0.489. The van der Waals surface area contributed by atoms with Crippen molar-refractivity contribution < 1.29 is 8.78 Å². The second-order valence-electron chi connectivity index (χ2n) is 13.1. The first kappa shape index (κ1) is 29.4. The van der Waals surface area contributed by atoms with E-state index >= 15 is 8.78 Å². The number of aryl methyl sites for hydroxylation is 1. The maximum absolute atomic E-state index is 16.1. The smallest absolute Gasteiger partial charge is 0.276 e. The Balaban J connectivity index is 1.43. The summed E-state index contributed by atoms with van der Waals surface area (Å²) >= 11 is 0. The van der Waals surface area contributed by atoms with E-state index in [9.17, 15) is 4.79 Å². The van der Waals surface area contributed by atoms with Crippen LogP contribution in [0.5, 0.6) is 0 Å². The van der Waals surface area contributed by atoms with Gasteiger partial charge in [0.1, 0.15) is 23.4 Å². The van der Waals surface area contributed by atoms with E-state index in [1.807, 2.05) is 13.0 Å². The summed E-state index contributed by atoms with van der Waals surface area (Å²) in [4.78, 5) is 28.9. The van der Waals surface area contributed by atoms with Gasteiger partial charge < -0.3 is 10.2 Å². The van der Waals surface area contributed by atoms with E-state index in [0.29, 0.717) is 61.2 Å². The molecule has 0 amide bonds. The van der Waals surface area contributed by atoms with E-state index in [2.05, 4.69) is 51.0 Å². The third-order valence-corrected chi connectivity index (χ3v) is 9.80. The van der Waals surface area contributed by atoms with Crippen molar-refractivity contribution in [2.45, 2.75) is 95.3 Å². The first-order chi connectivity index (χ1) is 20.6. The highest BCUT2D eigenvalue weighted by Crippen LogP contribution is 2.49. The maximum atomic E-state index is 16.1. The number of fused-ring (bicyclic) bond motifs is 8. The van der Waals surface area contributed by atoms with E-state index < -0.39 is 17.4 Å². The molecule has 4 aliphatic rings. The molecule has 3 aromatic rings. The number of nitrogens with one attached hydrogen (secondary N) is 1. The van der Waals surface area contributed by atoms with Gasteiger partial charge in [0.15, 0.2) is 0 Å². The highest BCUT2D eigenvalue weighted by molar-refractivity contribution is 5.87. The van der Waals surface area contributed by atoms with Crippen molar-refractivity contribution in [3.05, 3.63) is 87.3 Å². The molecule has 8 bridgehead atoms. The molecule has 9 heteroatoms. The SMILES string of the molecule is [C-]#[N+]C1(c2cc3c4ncnc3n(c2=O)CCCC/C=C/CN2CCC(CC2(C)C)C(F)(F)c2cccc(c2)[C@@H](C)N4)CC1. The third-order valence-electron chi connectivity index (χ3n) is 9.80. The Morgan fingerprint density at radius 3 is 2.65 bits per heavy atom. The van der Waals surface area contributed by atoms with Gasteiger partial charge in [-0.25, -0.2) is 25.3 Å². The second-order valence-corrected chi connectivity index (χ2v) is 13.1. The zero-order valence-corrected chi connectivity index (χ0v) is 25.2. The molecule has 7 nitrogen and oxygen atoms in total. The molecule has 2 unspecified atom stereocenters. The summed E-state index contributed by atoms with van der Waals surface area (Å²) in [7, 11) is 0. The molecule has 2 fully saturated rings. The number of rotatable bonds is 1. The highest BCUT2D eigenvalue weighted by Gasteiger charge is 2.55. The summed E-state index contributed by atoms with van der Waals surface area (Å²) in [6, 6.07) is 8.16. The molecule has 3 aliphatic heterocycles. The van der Waals surface area contributed by atoms with Gasteiger partial charge in [-0.15, -0.1) is 0 Å². The van der Waals surface area contributed by atoms with E-state index in [-0.39, 0.29) is 22.7 Å². The van der Waals surface area contributed by atoms with Crippen LogP contribution < -0.4 is 10.9 Å². The Morgan fingerprint density at radius 1 is 1.09 bits per heavy atom. The lowest BCUT2D eigenvalue weighted by Gasteiger charge is -2.47. The average molecular weight is 587 g/mol. The Kier molecular flexibility index (Phi) is 7.62. The topological polar surface area (TPSA) is 67.4 Å². The van der Waals surface area contributed by atoms with Gasteiger partial charge in [-0.05, 0) is 77.1 Å². The van der Waals surface area contributed by atoms with E-state index in [0.717, 1.165) is 31.4 Å². The van der Waals surface area contributed by atoms with Crippen molar-refractivity contribution in [1.82, 2.24) is 19.4 Å². The second kappa shape index (κ2) is 11.1. The van der Waals surface area contributed by atoms with Crippen LogP contribution in [0.15, 0.2) is 53.6 Å².